The number of aliphatic hydroxyl groups is 1. The highest BCUT2D eigenvalue weighted by Crippen LogP contribution is 1.87. The minimum absolute atomic E-state index is 0.169. The summed E-state index contributed by atoms with van der Waals surface area (Å²) >= 11 is 0. The van der Waals surface area contributed by atoms with E-state index in [1.165, 1.54) is 6.92 Å². The van der Waals surface area contributed by atoms with Crippen molar-refractivity contribution < 1.29 is 24.5 Å². The van der Waals surface area contributed by atoms with Crippen LogP contribution >= 0.6 is 0 Å². The summed E-state index contributed by atoms with van der Waals surface area (Å²) in [5, 5.41) is 20.6. The summed E-state index contributed by atoms with van der Waals surface area (Å²) in [7, 11) is 1.57. The lowest BCUT2D eigenvalue weighted by Crippen LogP contribution is -2.40. The summed E-state index contributed by atoms with van der Waals surface area (Å²) in [5.74, 6) is -0.942. The largest absolute Gasteiger partial charge is 0.480 e. The Kier molecular flexibility index (Phi) is 8.21. The highest BCUT2D eigenvalue weighted by molar-refractivity contribution is 5.72. The third-order valence-electron chi connectivity index (χ3n) is 1.77. The van der Waals surface area contributed by atoms with E-state index in [9.17, 15) is 9.90 Å². The lowest BCUT2D eigenvalue weighted by molar-refractivity contribution is -0.139. The number of carboxylic acid groups (broad SMARTS) is 1. The molecule has 0 aliphatic heterocycles. The van der Waals surface area contributed by atoms with E-state index in [4.69, 9.17) is 14.6 Å². The van der Waals surface area contributed by atoms with Crippen molar-refractivity contribution in [3.8, 4) is 0 Å². The molecule has 0 aliphatic carbocycles. The molecule has 0 rings (SSSR count). The molecule has 0 aromatic carbocycles. The van der Waals surface area contributed by atoms with Crippen molar-refractivity contribution in [2.45, 2.75) is 19.1 Å². The number of nitrogens with one attached hydrogen (secondary N) is 1. The Hall–Kier alpha value is -0.690. The summed E-state index contributed by atoms with van der Waals surface area (Å²) in [6.07, 6.45) is -0.705. The second kappa shape index (κ2) is 8.60. The molecule has 0 bridgehead atoms. The smallest absolute Gasteiger partial charge is 0.320 e. The van der Waals surface area contributed by atoms with Gasteiger partial charge in [0.15, 0.2) is 0 Å². The van der Waals surface area contributed by atoms with Gasteiger partial charge in [-0.15, -0.1) is 0 Å². The van der Waals surface area contributed by atoms with E-state index in [-0.39, 0.29) is 13.2 Å². The minimum atomic E-state index is -0.942. The number of carboxylic acids is 1. The second-order valence-corrected chi connectivity index (χ2v) is 3.19. The highest BCUT2D eigenvalue weighted by atomic mass is 16.5. The normalized spacial score (nSPS) is 14.9. The van der Waals surface area contributed by atoms with Crippen LogP contribution in [0, 0.1) is 0 Å². The number of aliphatic carboxylic acids is 1. The van der Waals surface area contributed by atoms with Crippen molar-refractivity contribution in [1.82, 2.24) is 5.32 Å². The van der Waals surface area contributed by atoms with Gasteiger partial charge in [0, 0.05) is 13.7 Å². The van der Waals surface area contributed by atoms with Gasteiger partial charge in [0.05, 0.1) is 25.9 Å². The van der Waals surface area contributed by atoms with Crippen LogP contribution in [0.1, 0.15) is 6.92 Å². The summed E-state index contributed by atoms with van der Waals surface area (Å²) < 4.78 is 9.82. The molecule has 0 fully saturated rings. The van der Waals surface area contributed by atoms with Crippen LogP contribution < -0.4 is 5.32 Å². The molecule has 0 aliphatic rings. The molecule has 6 heteroatoms. The van der Waals surface area contributed by atoms with E-state index in [1.54, 1.807) is 7.11 Å². The van der Waals surface area contributed by atoms with Gasteiger partial charge in [-0.05, 0) is 6.92 Å². The summed E-state index contributed by atoms with van der Waals surface area (Å²) in [5.41, 5.74) is 0. The Morgan fingerprint density at radius 1 is 1.47 bits per heavy atom. The monoisotopic (exact) mass is 221 g/mol. The maximum atomic E-state index is 10.4. The molecule has 15 heavy (non-hydrogen) atoms. The average molecular weight is 221 g/mol. The predicted molar refractivity (Wildman–Crippen MR) is 53.8 cm³/mol. The predicted octanol–water partition coefficient (Wildman–Crippen LogP) is -0.927. The van der Waals surface area contributed by atoms with Crippen molar-refractivity contribution in [3.05, 3.63) is 0 Å². The van der Waals surface area contributed by atoms with Crippen LogP contribution in [0.2, 0.25) is 0 Å². The van der Waals surface area contributed by atoms with Crippen LogP contribution in [0.25, 0.3) is 0 Å². The van der Waals surface area contributed by atoms with Crippen molar-refractivity contribution in [1.29, 1.82) is 0 Å². The topological polar surface area (TPSA) is 88.0 Å². The number of rotatable bonds is 9. The number of methoxy groups -OCH3 is 1. The van der Waals surface area contributed by atoms with Crippen LogP contribution in [0.4, 0.5) is 0 Å². The molecule has 90 valence electrons. The fourth-order valence-electron chi connectivity index (χ4n) is 0.821. The van der Waals surface area contributed by atoms with Crippen molar-refractivity contribution >= 4 is 5.97 Å². The number of aliphatic hydroxyl groups excluding tert-OH is 1. The van der Waals surface area contributed by atoms with Gasteiger partial charge in [-0.3, -0.25) is 4.79 Å². The van der Waals surface area contributed by atoms with E-state index in [1.807, 2.05) is 0 Å². The molecule has 0 saturated heterocycles. The molecule has 2 atom stereocenters. The number of ether oxygens (including phenoxy) is 2. The second-order valence-electron chi connectivity index (χ2n) is 3.19. The van der Waals surface area contributed by atoms with E-state index in [2.05, 4.69) is 5.32 Å². The molecular weight excluding hydrogens is 202 g/mol. The van der Waals surface area contributed by atoms with Gasteiger partial charge in [0.2, 0.25) is 0 Å². The lowest BCUT2D eigenvalue weighted by Gasteiger charge is -2.14. The molecular formula is C9H19NO5. The quantitative estimate of drug-likeness (QED) is 0.436. The van der Waals surface area contributed by atoms with Gasteiger partial charge in [-0.25, -0.2) is 0 Å². The number of hydrogen-bond acceptors (Lipinski definition) is 5. The van der Waals surface area contributed by atoms with E-state index in [0.717, 1.165) is 0 Å². The summed E-state index contributed by atoms with van der Waals surface area (Å²) in [6, 6.07) is -0.668. The molecule has 0 heterocycles. The lowest BCUT2D eigenvalue weighted by atomic mass is 10.3. The third kappa shape index (κ3) is 8.31. The van der Waals surface area contributed by atoms with Crippen molar-refractivity contribution in [2.75, 3.05) is 33.5 Å². The molecule has 0 spiro atoms. The Balaban J connectivity index is 3.40. The van der Waals surface area contributed by atoms with Gasteiger partial charge in [-0.1, -0.05) is 0 Å². The maximum Gasteiger partial charge on any atom is 0.320 e. The molecule has 2 unspecified atom stereocenters. The van der Waals surface area contributed by atoms with Gasteiger partial charge < -0.3 is 25.0 Å². The van der Waals surface area contributed by atoms with E-state index in [0.29, 0.717) is 13.2 Å². The zero-order valence-electron chi connectivity index (χ0n) is 9.10. The Labute approximate surface area is 89.2 Å². The first kappa shape index (κ1) is 14.3. The van der Waals surface area contributed by atoms with Gasteiger partial charge in [-0.2, -0.15) is 0 Å². The molecule has 0 amide bonds. The van der Waals surface area contributed by atoms with Crippen molar-refractivity contribution in [2.24, 2.45) is 0 Å². The van der Waals surface area contributed by atoms with Gasteiger partial charge >= 0.3 is 5.97 Å². The van der Waals surface area contributed by atoms with Crippen LogP contribution in [0.15, 0.2) is 0 Å². The van der Waals surface area contributed by atoms with Gasteiger partial charge in [0.25, 0.3) is 0 Å². The molecule has 0 radical (unpaired) electrons. The molecule has 6 nitrogen and oxygen atoms in total. The zero-order valence-corrected chi connectivity index (χ0v) is 9.10. The van der Waals surface area contributed by atoms with Crippen LogP contribution in [-0.2, 0) is 14.3 Å². The molecule has 0 saturated carbocycles. The standard InChI is InChI=1S/C9H19NO5/c1-7(9(12)13)10-5-8(11)6-15-4-3-14-2/h7-8,10-11H,3-6H2,1-2H3,(H,12,13). The van der Waals surface area contributed by atoms with E-state index >= 15 is 0 Å². The van der Waals surface area contributed by atoms with E-state index < -0.39 is 18.1 Å². The fraction of sp³-hybridized carbons (Fsp3) is 0.889. The van der Waals surface area contributed by atoms with Crippen LogP contribution in [-0.4, -0.2) is 61.8 Å². The first-order valence-electron chi connectivity index (χ1n) is 4.78. The van der Waals surface area contributed by atoms with Crippen molar-refractivity contribution in [3.63, 3.8) is 0 Å². The maximum absolute atomic E-state index is 10.4. The average Bonchev–Trinajstić information content (AvgIpc) is 2.20. The minimum Gasteiger partial charge on any atom is -0.480 e. The highest BCUT2D eigenvalue weighted by Gasteiger charge is 2.12. The first-order valence-corrected chi connectivity index (χ1v) is 4.78. The first-order chi connectivity index (χ1) is 7.07. The Bertz CT molecular complexity index is 176. The molecule has 0 aromatic rings. The summed E-state index contributed by atoms with van der Waals surface area (Å²) in [4.78, 5) is 10.4. The number of hydrogen-bond donors (Lipinski definition) is 3. The van der Waals surface area contributed by atoms with Crippen LogP contribution in [0.5, 0.6) is 0 Å². The SMILES string of the molecule is COCCOCC(O)CNC(C)C(=O)O. The molecule has 0 aromatic heterocycles. The van der Waals surface area contributed by atoms with Gasteiger partial charge in [0.1, 0.15) is 6.04 Å². The Morgan fingerprint density at radius 2 is 2.13 bits per heavy atom. The number of carbonyl (C=O) groups is 1. The fourth-order valence-corrected chi connectivity index (χ4v) is 0.821. The van der Waals surface area contributed by atoms with Crippen LogP contribution in [0.3, 0.4) is 0 Å². The molecule has 3 N–H and O–H groups in total. The Morgan fingerprint density at radius 3 is 2.67 bits per heavy atom. The third-order valence-corrected chi connectivity index (χ3v) is 1.77. The zero-order chi connectivity index (χ0) is 11.7. The summed E-state index contributed by atoms with van der Waals surface area (Å²) in [6.45, 7) is 2.78.